The first-order valence-corrected chi connectivity index (χ1v) is 11.0. The van der Waals surface area contributed by atoms with E-state index < -0.39 is 5.92 Å². The SMILES string of the molecule is COc1ccc(-n2c(C[C@H]3C(=O)N(C)c4ccc(Br)cc43)nc3ccccc3c2=O)cc1. The van der Waals surface area contributed by atoms with Crippen molar-refractivity contribution in [1.82, 2.24) is 9.55 Å². The van der Waals surface area contributed by atoms with Gasteiger partial charge in [-0.1, -0.05) is 28.1 Å². The molecule has 0 N–H and O–H groups in total. The van der Waals surface area contributed by atoms with Gasteiger partial charge in [0.25, 0.3) is 5.56 Å². The van der Waals surface area contributed by atoms with Gasteiger partial charge in [0, 0.05) is 23.6 Å². The fourth-order valence-corrected chi connectivity index (χ4v) is 4.67. The number of hydrogen-bond donors (Lipinski definition) is 0. The van der Waals surface area contributed by atoms with Crippen molar-refractivity contribution in [2.24, 2.45) is 0 Å². The van der Waals surface area contributed by atoms with Crippen LogP contribution in [0.25, 0.3) is 16.6 Å². The zero-order chi connectivity index (χ0) is 22.4. The van der Waals surface area contributed by atoms with E-state index in [0.717, 1.165) is 15.7 Å². The molecule has 32 heavy (non-hydrogen) atoms. The summed E-state index contributed by atoms with van der Waals surface area (Å²) in [5.41, 5.74) is 2.93. The molecule has 0 fully saturated rings. The largest absolute Gasteiger partial charge is 0.497 e. The van der Waals surface area contributed by atoms with Crippen molar-refractivity contribution in [1.29, 1.82) is 0 Å². The number of para-hydroxylation sites is 1. The summed E-state index contributed by atoms with van der Waals surface area (Å²) >= 11 is 3.51. The molecular formula is C25H20BrN3O3. The number of fused-ring (bicyclic) bond motifs is 2. The highest BCUT2D eigenvalue weighted by Gasteiger charge is 2.36. The fourth-order valence-electron chi connectivity index (χ4n) is 4.29. The van der Waals surface area contributed by atoms with Gasteiger partial charge in [-0.2, -0.15) is 0 Å². The van der Waals surface area contributed by atoms with Crippen LogP contribution in [0, 0.1) is 0 Å². The second-order valence-electron chi connectivity index (χ2n) is 7.74. The van der Waals surface area contributed by atoms with E-state index in [4.69, 9.17) is 9.72 Å². The molecule has 0 saturated heterocycles. The van der Waals surface area contributed by atoms with Crippen molar-refractivity contribution in [2.75, 3.05) is 19.1 Å². The summed E-state index contributed by atoms with van der Waals surface area (Å²) < 4.78 is 7.77. The first-order chi connectivity index (χ1) is 15.5. The van der Waals surface area contributed by atoms with Gasteiger partial charge in [-0.05, 0) is 60.2 Å². The summed E-state index contributed by atoms with van der Waals surface area (Å²) in [6.07, 6.45) is 0.304. The van der Waals surface area contributed by atoms with Crippen molar-refractivity contribution >= 4 is 38.4 Å². The van der Waals surface area contributed by atoms with Crippen LogP contribution in [-0.2, 0) is 11.2 Å². The first kappa shape index (κ1) is 20.5. The minimum Gasteiger partial charge on any atom is -0.497 e. The number of nitrogens with zero attached hydrogens (tertiary/aromatic N) is 3. The van der Waals surface area contributed by atoms with Gasteiger partial charge in [0.2, 0.25) is 5.91 Å². The van der Waals surface area contributed by atoms with Gasteiger partial charge in [-0.3, -0.25) is 14.2 Å². The molecule has 7 heteroatoms. The Morgan fingerprint density at radius 2 is 1.78 bits per heavy atom. The van der Waals surface area contributed by atoms with Gasteiger partial charge in [0.15, 0.2) is 0 Å². The van der Waals surface area contributed by atoms with Crippen molar-refractivity contribution < 1.29 is 9.53 Å². The molecule has 0 spiro atoms. The monoisotopic (exact) mass is 489 g/mol. The van der Waals surface area contributed by atoms with Gasteiger partial charge in [-0.25, -0.2) is 4.98 Å². The Labute approximate surface area is 193 Å². The summed E-state index contributed by atoms with van der Waals surface area (Å²) in [4.78, 5) is 33.1. The number of aromatic nitrogens is 2. The summed E-state index contributed by atoms with van der Waals surface area (Å²) in [6.45, 7) is 0. The van der Waals surface area contributed by atoms with Crippen LogP contribution in [-0.4, -0.2) is 29.6 Å². The molecule has 3 aromatic carbocycles. The van der Waals surface area contributed by atoms with E-state index in [1.807, 2.05) is 60.7 Å². The molecule has 0 aliphatic carbocycles. The van der Waals surface area contributed by atoms with E-state index in [0.29, 0.717) is 34.6 Å². The maximum Gasteiger partial charge on any atom is 0.265 e. The van der Waals surface area contributed by atoms with Crippen LogP contribution >= 0.6 is 15.9 Å². The van der Waals surface area contributed by atoms with Crippen molar-refractivity contribution in [2.45, 2.75) is 12.3 Å². The molecule has 1 amide bonds. The number of methoxy groups -OCH3 is 1. The van der Waals surface area contributed by atoms with Gasteiger partial charge in [0.1, 0.15) is 11.6 Å². The number of halogens is 1. The van der Waals surface area contributed by atoms with Gasteiger partial charge in [-0.15, -0.1) is 0 Å². The van der Waals surface area contributed by atoms with Gasteiger partial charge >= 0.3 is 0 Å². The Bertz CT molecular complexity index is 1410. The molecular weight excluding hydrogens is 470 g/mol. The molecule has 0 unspecified atom stereocenters. The summed E-state index contributed by atoms with van der Waals surface area (Å²) in [6, 6.07) is 20.4. The summed E-state index contributed by atoms with van der Waals surface area (Å²) in [7, 11) is 3.38. The van der Waals surface area contributed by atoms with E-state index >= 15 is 0 Å². The van der Waals surface area contributed by atoms with Crippen LogP contribution in [0.1, 0.15) is 17.3 Å². The van der Waals surface area contributed by atoms with Crippen LogP contribution < -0.4 is 15.2 Å². The number of carbonyl (C=O) groups excluding carboxylic acids is 1. The Hall–Kier alpha value is -3.45. The second-order valence-corrected chi connectivity index (χ2v) is 8.66. The Kier molecular flexibility index (Phi) is 5.06. The Morgan fingerprint density at radius 3 is 2.53 bits per heavy atom. The van der Waals surface area contributed by atoms with Crippen molar-refractivity contribution in [3.8, 4) is 11.4 Å². The molecule has 1 aliphatic rings. The van der Waals surface area contributed by atoms with E-state index in [2.05, 4.69) is 15.9 Å². The van der Waals surface area contributed by atoms with Crippen molar-refractivity contribution in [3.63, 3.8) is 0 Å². The first-order valence-electron chi connectivity index (χ1n) is 10.2. The number of carbonyl (C=O) groups is 1. The van der Waals surface area contributed by atoms with Crippen LogP contribution in [0.3, 0.4) is 0 Å². The maximum atomic E-state index is 13.5. The lowest BCUT2D eigenvalue weighted by molar-refractivity contribution is -0.119. The Morgan fingerprint density at radius 1 is 1.03 bits per heavy atom. The number of amides is 1. The maximum absolute atomic E-state index is 13.5. The lowest BCUT2D eigenvalue weighted by atomic mass is 9.96. The molecule has 160 valence electrons. The highest BCUT2D eigenvalue weighted by Crippen LogP contribution is 2.39. The third-order valence-corrected chi connectivity index (χ3v) is 6.41. The molecule has 1 atom stereocenters. The number of anilines is 1. The van der Waals surface area contributed by atoms with E-state index in [1.54, 1.807) is 29.7 Å². The topological polar surface area (TPSA) is 64.4 Å². The Balaban J connectivity index is 1.69. The second kappa shape index (κ2) is 7.91. The van der Waals surface area contributed by atoms with Gasteiger partial charge < -0.3 is 9.64 Å². The molecule has 6 nitrogen and oxygen atoms in total. The lowest BCUT2D eigenvalue weighted by Gasteiger charge is -2.17. The lowest BCUT2D eigenvalue weighted by Crippen LogP contribution is -2.29. The minimum absolute atomic E-state index is 0.0122. The highest BCUT2D eigenvalue weighted by molar-refractivity contribution is 9.10. The minimum atomic E-state index is -0.426. The van der Waals surface area contributed by atoms with Crippen LogP contribution in [0.15, 0.2) is 76.0 Å². The molecule has 1 aliphatic heterocycles. The number of rotatable bonds is 4. The predicted octanol–water partition coefficient (Wildman–Crippen LogP) is 4.46. The molecule has 2 heterocycles. The summed E-state index contributed by atoms with van der Waals surface area (Å²) in [5, 5.41) is 0.532. The van der Waals surface area contributed by atoms with Crippen molar-refractivity contribution in [3.05, 3.63) is 92.9 Å². The molecule has 0 saturated carbocycles. The van der Waals surface area contributed by atoms with Crippen LogP contribution in [0.5, 0.6) is 5.75 Å². The average Bonchev–Trinajstić information content (AvgIpc) is 3.03. The predicted molar refractivity (Wildman–Crippen MR) is 128 cm³/mol. The number of benzene rings is 3. The zero-order valence-electron chi connectivity index (χ0n) is 17.6. The highest BCUT2D eigenvalue weighted by atomic mass is 79.9. The third kappa shape index (κ3) is 3.29. The van der Waals surface area contributed by atoms with E-state index in [9.17, 15) is 9.59 Å². The molecule has 5 rings (SSSR count). The van der Waals surface area contributed by atoms with Gasteiger partial charge in [0.05, 0.1) is 29.6 Å². The number of hydrogen-bond acceptors (Lipinski definition) is 4. The van der Waals surface area contributed by atoms with E-state index in [-0.39, 0.29) is 11.5 Å². The fraction of sp³-hybridized carbons (Fsp3) is 0.160. The molecule has 0 bridgehead atoms. The quantitative estimate of drug-likeness (QED) is 0.424. The summed E-state index contributed by atoms with van der Waals surface area (Å²) in [5.74, 6) is 0.800. The smallest absolute Gasteiger partial charge is 0.265 e. The average molecular weight is 490 g/mol. The normalized spacial score (nSPS) is 15.3. The zero-order valence-corrected chi connectivity index (χ0v) is 19.2. The molecule has 0 radical (unpaired) electrons. The molecule has 1 aromatic heterocycles. The number of likely N-dealkylation sites (N-methyl/N-ethyl adjacent to an activating group) is 1. The standard InChI is InChI=1S/C25H20BrN3O3/c1-28-22-12-7-15(26)13-19(22)20(24(28)30)14-23-27-21-6-4-3-5-18(21)25(31)29(23)16-8-10-17(32-2)11-9-16/h3-13,20H,14H2,1-2H3/t20-/m1/s1. The van der Waals surface area contributed by atoms with Crippen LogP contribution in [0.2, 0.25) is 0 Å². The third-order valence-electron chi connectivity index (χ3n) is 5.92. The number of ether oxygens (including phenoxy) is 1. The van der Waals surface area contributed by atoms with E-state index in [1.165, 1.54) is 0 Å². The van der Waals surface area contributed by atoms with Crippen LogP contribution in [0.4, 0.5) is 5.69 Å². The molecule has 4 aromatic rings.